The average molecular weight is 250 g/mol. The SMILES string of the molecule is CCNCc1ccc(N(C)CCCOC)c(C)c1. The van der Waals surface area contributed by atoms with Gasteiger partial charge in [0.05, 0.1) is 0 Å². The Morgan fingerprint density at radius 3 is 2.72 bits per heavy atom. The van der Waals surface area contributed by atoms with Gasteiger partial charge in [-0.3, -0.25) is 0 Å². The summed E-state index contributed by atoms with van der Waals surface area (Å²) in [6, 6.07) is 6.69. The Bertz CT molecular complexity index is 352. The molecule has 3 heteroatoms. The zero-order valence-electron chi connectivity index (χ0n) is 12.1. The van der Waals surface area contributed by atoms with E-state index in [9.17, 15) is 0 Å². The summed E-state index contributed by atoms with van der Waals surface area (Å²) in [6.45, 7) is 8.12. The van der Waals surface area contributed by atoms with E-state index in [1.807, 2.05) is 0 Å². The molecule has 0 atom stereocenters. The fourth-order valence-corrected chi connectivity index (χ4v) is 2.09. The molecular weight excluding hydrogens is 224 g/mol. The molecule has 0 aliphatic carbocycles. The fraction of sp³-hybridized carbons (Fsp3) is 0.600. The molecule has 3 nitrogen and oxygen atoms in total. The van der Waals surface area contributed by atoms with E-state index in [0.29, 0.717) is 0 Å². The average Bonchev–Trinajstić information content (AvgIpc) is 2.36. The minimum atomic E-state index is 0.821. The van der Waals surface area contributed by atoms with Gasteiger partial charge in [0.1, 0.15) is 0 Å². The van der Waals surface area contributed by atoms with Gasteiger partial charge in [-0.1, -0.05) is 19.1 Å². The van der Waals surface area contributed by atoms with Gasteiger partial charge in [-0.25, -0.2) is 0 Å². The quantitative estimate of drug-likeness (QED) is 0.718. The zero-order chi connectivity index (χ0) is 13.4. The highest BCUT2D eigenvalue weighted by Gasteiger charge is 2.05. The molecule has 0 heterocycles. The topological polar surface area (TPSA) is 24.5 Å². The number of aryl methyl sites for hydroxylation is 1. The number of ether oxygens (including phenoxy) is 1. The molecule has 1 aromatic carbocycles. The van der Waals surface area contributed by atoms with Crippen LogP contribution in [0.25, 0.3) is 0 Å². The summed E-state index contributed by atoms with van der Waals surface area (Å²) in [6.07, 6.45) is 1.06. The molecule has 0 radical (unpaired) electrons. The van der Waals surface area contributed by atoms with Gasteiger partial charge in [-0.2, -0.15) is 0 Å². The highest BCUT2D eigenvalue weighted by atomic mass is 16.5. The minimum Gasteiger partial charge on any atom is -0.385 e. The molecule has 0 fully saturated rings. The Labute approximate surface area is 111 Å². The minimum absolute atomic E-state index is 0.821. The van der Waals surface area contributed by atoms with E-state index in [2.05, 4.69) is 49.3 Å². The number of anilines is 1. The smallest absolute Gasteiger partial charge is 0.0479 e. The van der Waals surface area contributed by atoms with Crippen LogP contribution in [-0.4, -0.2) is 33.9 Å². The lowest BCUT2D eigenvalue weighted by molar-refractivity contribution is 0.196. The molecule has 0 aliphatic rings. The van der Waals surface area contributed by atoms with Crippen molar-refractivity contribution in [1.29, 1.82) is 0 Å². The van der Waals surface area contributed by atoms with Crippen molar-refractivity contribution < 1.29 is 4.74 Å². The third-order valence-electron chi connectivity index (χ3n) is 3.09. The monoisotopic (exact) mass is 250 g/mol. The Morgan fingerprint density at radius 1 is 1.33 bits per heavy atom. The molecule has 102 valence electrons. The molecule has 18 heavy (non-hydrogen) atoms. The molecule has 1 N–H and O–H groups in total. The van der Waals surface area contributed by atoms with Crippen LogP contribution in [0.1, 0.15) is 24.5 Å². The second-order valence-electron chi connectivity index (χ2n) is 4.67. The summed E-state index contributed by atoms with van der Waals surface area (Å²) in [5.41, 5.74) is 4.00. The lowest BCUT2D eigenvalue weighted by Crippen LogP contribution is -2.21. The lowest BCUT2D eigenvalue weighted by atomic mass is 10.1. The van der Waals surface area contributed by atoms with Gasteiger partial charge in [-0.05, 0) is 37.1 Å². The number of methoxy groups -OCH3 is 1. The number of nitrogens with one attached hydrogen (secondary N) is 1. The number of benzene rings is 1. The van der Waals surface area contributed by atoms with Gasteiger partial charge in [0.2, 0.25) is 0 Å². The van der Waals surface area contributed by atoms with Crippen LogP contribution < -0.4 is 10.2 Å². The molecule has 0 bridgehead atoms. The third kappa shape index (κ3) is 4.67. The van der Waals surface area contributed by atoms with E-state index < -0.39 is 0 Å². The van der Waals surface area contributed by atoms with E-state index in [1.54, 1.807) is 7.11 Å². The number of nitrogens with zero attached hydrogens (tertiary/aromatic N) is 1. The van der Waals surface area contributed by atoms with Gasteiger partial charge in [-0.15, -0.1) is 0 Å². The van der Waals surface area contributed by atoms with Crippen molar-refractivity contribution in [2.45, 2.75) is 26.8 Å². The first-order valence-electron chi connectivity index (χ1n) is 6.69. The summed E-state index contributed by atoms with van der Waals surface area (Å²) >= 11 is 0. The van der Waals surface area contributed by atoms with Crippen LogP contribution in [0, 0.1) is 6.92 Å². The van der Waals surface area contributed by atoms with Crippen LogP contribution in [0.5, 0.6) is 0 Å². The van der Waals surface area contributed by atoms with Crippen molar-refractivity contribution in [2.24, 2.45) is 0 Å². The van der Waals surface area contributed by atoms with Crippen LogP contribution in [-0.2, 0) is 11.3 Å². The Balaban J connectivity index is 2.60. The van der Waals surface area contributed by atoms with Crippen molar-refractivity contribution in [3.8, 4) is 0 Å². The van der Waals surface area contributed by atoms with Gasteiger partial charge in [0.15, 0.2) is 0 Å². The van der Waals surface area contributed by atoms with Gasteiger partial charge in [0.25, 0.3) is 0 Å². The Morgan fingerprint density at radius 2 is 2.11 bits per heavy atom. The van der Waals surface area contributed by atoms with Gasteiger partial charge in [0, 0.05) is 39.5 Å². The first kappa shape index (κ1) is 15.0. The van der Waals surface area contributed by atoms with Crippen LogP contribution >= 0.6 is 0 Å². The van der Waals surface area contributed by atoms with Crippen molar-refractivity contribution in [3.05, 3.63) is 29.3 Å². The molecule has 0 saturated heterocycles. The van der Waals surface area contributed by atoms with E-state index in [1.165, 1.54) is 16.8 Å². The summed E-state index contributed by atoms with van der Waals surface area (Å²) in [5.74, 6) is 0. The largest absolute Gasteiger partial charge is 0.385 e. The maximum absolute atomic E-state index is 5.09. The summed E-state index contributed by atoms with van der Waals surface area (Å²) in [5, 5.41) is 3.35. The molecule has 1 aromatic rings. The molecule has 1 rings (SSSR count). The lowest BCUT2D eigenvalue weighted by Gasteiger charge is -2.22. The van der Waals surface area contributed by atoms with Crippen molar-refractivity contribution in [2.75, 3.05) is 38.8 Å². The third-order valence-corrected chi connectivity index (χ3v) is 3.09. The first-order valence-corrected chi connectivity index (χ1v) is 6.69. The second-order valence-corrected chi connectivity index (χ2v) is 4.67. The summed E-state index contributed by atoms with van der Waals surface area (Å²) in [4.78, 5) is 2.30. The maximum Gasteiger partial charge on any atom is 0.0479 e. The van der Waals surface area contributed by atoms with E-state index in [4.69, 9.17) is 4.74 Å². The number of rotatable bonds is 8. The van der Waals surface area contributed by atoms with Crippen LogP contribution in [0.4, 0.5) is 5.69 Å². The van der Waals surface area contributed by atoms with Gasteiger partial charge >= 0.3 is 0 Å². The van der Waals surface area contributed by atoms with Crippen molar-refractivity contribution >= 4 is 5.69 Å². The molecule has 0 amide bonds. The fourth-order valence-electron chi connectivity index (χ4n) is 2.09. The predicted octanol–water partition coefficient (Wildman–Crippen LogP) is 2.58. The predicted molar refractivity (Wildman–Crippen MR) is 78.3 cm³/mol. The number of hydrogen-bond donors (Lipinski definition) is 1. The van der Waals surface area contributed by atoms with Gasteiger partial charge < -0.3 is 15.0 Å². The highest BCUT2D eigenvalue weighted by molar-refractivity contribution is 5.53. The second kappa shape index (κ2) is 8.11. The van der Waals surface area contributed by atoms with E-state index >= 15 is 0 Å². The van der Waals surface area contributed by atoms with Crippen LogP contribution in [0.3, 0.4) is 0 Å². The Hall–Kier alpha value is -1.06. The van der Waals surface area contributed by atoms with Crippen molar-refractivity contribution in [1.82, 2.24) is 5.32 Å². The maximum atomic E-state index is 5.09. The standard InChI is InChI=1S/C15H26N2O/c1-5-16-12-14-7-8-15(13(2)11-14)17(3)9-6-10-18-4/h7-8,11,16H,5-6,9-10,12H2,1-4H3. The summed E-state index contributed by atoms with van der Waals surface area (Å²) in [7, 11) is 3.89. The molecule has 0 saturated carbocycles. The molecule has 0 spiro atoms. The molecular formula is C15H26N2O. The first-order chi connectivity index (χ1) is 8.69. The van der Waals surface area contributed by atoms with E-state index in [0.717, 1.165) is 32.7 Å². The normalized spacial score (nSPS) is 10.7. The molecule has 0 aliphatic heterocycles. The van der Waals surface area contributed by atoms with Crippen LogP contribution in [0.15, 0.2) is 18.2 Å². The van der Waals surface area contributed by atoms with E-state index in [-0.39, 0.29) is 0 Å². The number of hydrogen-bond acceptors (Lipinski definition) is 3. The van der Waals surface area contributed by atoms with Crippen molar-refractivity contribution in [3.63, 3.8) is 0 Å². The molecule has 0 unspecified atom stereocenters. The Kier molecular flexibility index (Phi) is 6.76. The highest BCUT2D eigenvalue weighted by Crippen LogP contribution is 2.20. The molecule has 0 aromatic heterocycles. The van der Waals surface area contributed by atoms with Crippen LogP contribution in [0.2, 0.25) is 0 Å². The zero-order valence-corrected chi connectivity index (χ0v) is 12.1. The summed E-state index contributed by atoms with van der Waals surface area (Å²) < 4.78 is 5.09.